The lowest BCUT2D eigenvalue weighted by Crippen LogP contribution is -1.82. The van der Waals surface area contributed by atoms with Crippen LogP contribution in [0.4, 0.5) is 11.6 Å². The molecule has 4 nitrogen and oxygen atoms in total. The molecule has 1 aromatic rings. The number of hydrogen-bond acceptors (Lipinski definition) is 2. The van der Waals surface area contributed by atoms with E-state index < -0.39 is 0 Å². The Morgan fingerprint density at radius 1 is 0.917 bits per heavy atom. The maximum atomic E-state index is 6.70. The Hall–Kier alpha value is -0.980. The highest BCUT2D eigenvalue weighted by Crippen LogP contribution is 2.29. The molecule has 6 heteroatoms. The third-order valence-electron chi connectivity index (χ3n) is 0.990. The minimum atomic E-state index is 0.0140. The highest BCUT2D eigenvalue weighted by molar-refractivity contribution is 9.13. The Balaban J connectivity index is 3.44. The van der Waals surface area contributed by atoms with Gasteiger partial charge in [0.05, 0.1) is 0 Å². The van der Waals surface area contributed by atoms with Gasteiger partial charge in [-0.15, -0.1) is 9.97 Å². The normalized spacial score (nSPS) is 8.67. The van der Waals surface area contributed by atoms with Gasteiger partial charge in [-0.1, -0.05) is 13.1 Å². The fourth-order valence-electron chi connectivity index (χ4n) is 0.528. The standard InChI is InChI=1S/C6Br2N4/c1-9-5-6(10-2)12-4(8)3(7)11-5. The number of rotatable bonds is 0. The van der Waals surface area contributed by atoms with Crippen LogP contribution in [0.15, 0.2) is 9.21 Å². The quantitative estimate of drug-likeness (QED) is 0.687. The van der Waals surface area contributed by atoms with Crippen molar-refractivity contribution < 1.29 is 0 Å². The molecule has 0 aliphatic rings. The molecule has 0 saturated heterocycles. The van der Waals surface area contributed by atoms with Crippen LogP contribution in [0.25, 0.3) is 9.69 Å². The van der Waals surface area contributed by atoms with Crippen LogP contribution in [0.2, 0.25) is 0 Å². The SMILES string of the molecule is [C-]#[N+]c1nc(Br)c(Br)nc1[N+]#[C-]. The molecule has 0 radical (unpaired) electrons. The van der Waals surface area contributed by atoms with Crippen LogP contribution in [0.3, 0.4) is 0 Å². The molecule has 58 valence electrons. The summed E-state index contributed by atoms with van der Waals surface area (Å²) in [5.74, 6) is 0.0279. The van der Waals surface area contributed by atoms with Gasteiger partial charge in [0.25, 0.3) is 20.8 Å². The molecule has 1 heterocycles. The van der Waals surface area contributed by atoms with E-state index in [4.69, 9.17) is 13.1 Å². The summed E-state index contributed by atoms with van der Waals surface area (Å²) in [4.78, 5) is 13.7. The highest BCUT2D eigenvalue weighted by atomic mass is 79.9. The first-order chi connectivity index (χ1) is 5.69. The Kier molecular flexibility index (Phi) is 2.74. The molecule has 0 aliphatic carbocycles. The van der Waals surface area contributed by atoms with E-state index in [1.165, 1.54) is 0 Å². The van der Waals surface area contributed by atoms with Crippen LogP contribution >= 0.6 is 31.9 Å². The molecule has 12 heavy (non-hydrogen) atoms. The molecule has 1 rings (SSSR count). The Morgan fingerprint density at radius 3 is 1.50 bits per heavy atom. The van der Waals surface area contributed by atoms with Gasteiger partial charge in [-0.05, 0) is 0 Å². The van der Waals surface area contributed by atoms with Crippen molar-refractivity contribution in [3.63, 3.8) is 0 Å². The molecule has 0 spiro atoms. The molecule has 0 fully saturated rings. The highest BCUT2D eigenvalue weighted by Gasteiger charge is 2.14. The molecule has 0 saturated carbocycles. The molecule has 0 aromatic carbocycles. The summed E-state index contributed by atoms with van der Waals surface area (Å²) >= 11 is 6.17. The summed E-state index contributed by atoms with van der Waals surface area (Å²) in [5.41, 5.74) is 0. The molecule has 0 N–H and O–H groups in total. The summed E-state index contributed by atoms with van der Waals surface area (Å²) < 4.78 is 0.863. The van der Waals surface area contributed by atoms with Crippen LogP contribution in [-0.2, 0) is 0 Å². The van der Waals surface area contributed by atoms with E-state index in [0.717, 1.165) is 0 Å². The van der Waals surface area contributed by atoms with E-state index in [2.05, 4.69) is 51.5 Å². The molecule has 0 aliphatic heterocycles. The van der Waals surface area contributed by atoms with Gasteiger partial charge >= 0.3 is 0 Å². The Bertz CT molecular complexity index is 362. The van der Waals surface area contributed by atoms with Gasteiger partial charge in [0.15, 0.2) is 0 Å². The number of halogens is 2. The van der Waals surface area contributed by atoms with Crippen molar-refractivity contribution in [2.45, 2.75) is 0 Å². The molecule has 1 aromatic heterocycles. The second kappa shape index (κ2) is 3.61. The Labute approximate surface area is 85.5 Å². The van der Waals surface area contributed by atoms with Crippen molar-refractivity contribution in [1.82, 2.24) is 9.97 Å². The summed E-state index contributed by atoms with van der Waals surface area (Å²) in [5, 5.41) is 0. The third-order valence-corrected chi connectivity index (χ3v) is 2.63. The maximum Gasteiger partial charge on any atom is 0.294 e. The molecule has 0 amide bonds. The van der Waals surface area contributed by atoms with Gasteiger partial charge in [0, 0.05) is 31.9 Å². The first-order valence-electron chi connectivity index (χ1n) is 2.67. The lowest BCUT2D eigenvalue weighted by atomic mass is 10.6. The number of aromatic nitrogens is 2. The van der Waals surface area contributed by atoms with Gasteiger partial charge in [-0.3, -0.25) is 0 Å². The largest absolute Gasteiger partial charge is 0.370 e. The summed E-state index contributed by atoms with van der Waals surface area (Å²) in [7, 11) is 0. The van der Waals surface area contributed by atoms with Gasteiger partial charge in [0.2, 0.25) is 0 Å². The zero-order valence-electron chi connectivity index (χ0n) is 5.54. The van der Waals surface area contributed by atoms with E-state index >= 15 is 0 Å². The van der Waals surface area contributed by atoms with Crippen LogP contribution < -0.4 is 0 Å². The minimum Gasteiger partial charge on any atom is -0.370 e. The van der Waals surface area contributed by atoms with Crippen molar-refractivity contribution in [1.29, 1.82) is 0 Å². The summed E-state index contributed by atoms with van der Waals surface area (Å²) in [6.07, 6.45) is 0. The van der Waals surface area contributed by atoms with Gasteiger partial charge in [0.1, 0.15) is 0 Å². The second-order valence-corrected chi connectivity index (χ2v) is 3.18. The third kappa shape index (κ3) is 1.60. The van der Waals surface area contributed by atoms with Crippen LogP contribution in [0, 0.1) is 13.1 Å². The van der Waals surface area contributed by atoms with E-state index in [-0.39, 0.29) is 11.6 Å². The zero-order valence-corrected chi connectivity index (χ0v) is 8.72. The van der Waals surface area contributed by atoms with Gasteiger partial charge < -0.3 is 9.69 Å². The van der Waals surface area contributed by atoms with Gasteiger partial charge in [-0.25, -0.2) is 0 Å². The van der Waals surface area contributed by atoms with Gasteiger partial charge in [-0.2, -0.15) is 0 Å². The van der Waals surface area contributed by atoms with Crippen molar-refractivity contribution >= 4 is 43.5 Å². The molecule has 0 unspecified atom stereocenters. The Morgan fingerprint density at radius 2 is 1.25 bits per heavy atom. The number of nitrogens with zero attached hydrogens (tertiary/aromatic N) is 4. The monoisotopic (exact) mass is 286 g/mol. The van der Waals surface area contributed by atoms with E-state index in [0.29, 0.717) is 9.21 Å². The zero-order chi connectivity index (χ0) is 9.14. The second-order valence-electron chi connectivity index (χ2n) is 1.68. The molecular formula is C6Br2N4. The average Bonchev–Trinajstić information content (AvgIpc) is 2.09. The van der Waals surface area contributed by atoms with Crippen LogP contribution in [0.5, 0.6) is 0 Å². The summed E-state index contributed by atoms with van der Waals surface area (Å²) in [6, 6.07) is 0. The van der Waals surface area contributed by atoms with Crippen molar-refractivity contribution in [2.24, 2.45) is 0 Å². The first kappa shape index (κ1) is 9.11. The summed E-state index contributed by atoms with van der Waals surface area (Å²) in [6.45, 7) is 13.4. The van der Waals surface area contributed by atoms with E-state index in [9.17, 15) is 0 Å². The maximum absolute atomic E-state index is 6.70. The van der Waals surface area contributed by atoms with Crippen LogP contribution in [-0.4, -0.2) is 9.97 Å². The number of hydrogen-bond donors (Lipinski definition) is 0. The van der Waals surface area contributed by atoms with Crippen molar-refractivity contribution in [3.8, 4) is 0 Å². The predicted molar refractivity (Wildman–Crippen MR) is 50.0 cm³/mol. The molecule has 0 atom stereocenters. The topological polar surface area (TPSA) is 34.5 Å². The predicted octanol–water partition coefficient (Wildman–Crippen LogP) is 3.10. The fourth-order valence-corrected chi connectivity index (χ4v) is 1.04. The lowest BCUT2D eigenvalue weighted by molar-refractivity contribution is 1.16. The molecular weight excluding hydrogens is 288 g/mol. The first-order valence-corrected chi connectivity index (χ1v) is 4.25. The minimum absolute atomic E-state index is 0.0140. The average molecular weight is 288 g/mol. The van der Waals surface area contributed by atoms with Crippen molar-refractivity contribution in [2.75, 3.05) is 0 Å². The van der Waals surface area contributed by atoms with Crippen LogP contribution in [0.1, 0.15) is 0 Å². The fraction of sp³-hybridized carbons (Fsp3) is 0. The van der Waals surface area contributed by atoms with Crippen molar-refractivity contribution in [3.05, 3.63) is 32.0 Å². The lowest BCUT2D eigenvalue weighted by Gasteiger charge is -1.92. The smallest absolute Gasteiger partial charge is 0.294 e. The molecule has 0 bridgehead atoms. The van der Waals surface area contributed by atoms with E-state index in [1.54, 1.807) is 0 Å². The van der Waals surface area contributed by atoms with E-state index in [1.807, 2.05) is 0 Å².